The lowest BCUT2D eigenvalue weighted by Crippen LogP contribution is -2.10. The summed E-state index contributed by atoms with van der Waals surface area (Å²) in [7, 11) is 1.37. The number of H-pyrrole nitrogens is 1. The topological polar surface area (TPSA) is 98.4 Å². The highest BCUT2D eigenvalue weighted by Crippen LogP contribution is 2.25. The molecule has 0 saturated carbocycles. The van der Waals surface area contributed by atoms with Gasteiger partial charge in [0.2, 0.25) is 5.88 Å². The van der Waals surface area contributed by atoms with Crippen LogP contribution in [0.5, 0.6) is 5.88 Å². The minimum atomic E-state index is -0.558. The number of nitrogens with one attached hydrogen (secondary N) is 1. The lowest BCUT2D eigenvalue weighted by Gasteiger charge is -2.11. The molecular formula is C16H18FN5O2. The molecule has 0 aromatic carbocycles. The molecule has 1 fully saturated rings. The van der Waals surface area contributed by atoms with E-state index >= 15 is 0 Å². The molecule has 24 heavy (non-hydrogen) atoms. The van der Waals surface area contributed by atoms with Gasteiger partial charge in [0.1, 0.15) is 0 Å². The molecule has 7 nitrogen and oxygen atoms in total. The van der Waals surface area contributed by atoms with E-state index < -0.39 is 5.82 Å². The molecule has 0 spiro atoms. The molecule has 0 amide bonds. The summed E-state index contributed by atoms with van der Waals surface area (Å²) < 4.78 is 24.2. The largest absolute Gasteiger partial charge is 0.479 e. The molecule has 1 saturated heterocycles. The zero-order valence-electron chi connectivity index (χ0n) is 13.3. The summed E-state index contributed by atoms with van der Waals surface area (Å²) in [6, 6.07) is 1.29. The van der Waals surface area contributed by atoms with Crippen molar-refractivity contribution in [1.29, 1.82) is 0 Å². The average Bonchev–Trinajstić information content (AvgIpc) is 3.02. The summed E-state index contributed by atoms with van der Waals surface area (Å²) in [6.07, 6.45) is 6.05. The molecule has 0 bridgehead atoms. The highest BCUT2D eigenvalue weighted by Gasteiger charge is 2.17. The van der Waals surface area contributed by atoms with Crippen molar-refractivity contribution in [2.75, 3.05) is 20.3 Å². The Labute approximate surface area is 138 Å². The Balaban J connectivity index is 2.01. The number of rotatable bonds is 3. The average molecular weight is 331 g/mol. The summed E-state index contributed by atoms with van der Waals surface area (Å²) in [5.74, 6) is -0.616. The number of aromatic amines is 1. The van der Waals surface area contributed by atoms with Gasteiger partial charge >= 0.3 is 0 Å². The summed E-state index contributed by atoms with van der Waals surface area (Å²) in [6.45, 7) is 1.09. The van der Waals surface area contributed by atoms with Crippen molar-refractivity contribution in [1.82, 2.24) is 15.2 Å². The van der Waals surface area contributed by atoms with Crippen LogP contribution in [0.1, 0.15) is 18.4 Å². The van der Waals surface area contributed by atoms with E-state index in [-0.39, 0.29) is 5.88 Å². The van der Waals surface area contributed by atoms with E-state index in [0.717, 1.165) is 16.8 Å². The lowest BCUT2D eigenvalue weighted by atomic mass is 10.0. The quantitative estimate of drug-likeness (QED) is 0.898. The maximum Gasteiger partial charge on any atom is 0.250 e. The third-order valence-corrected chi connectivity index (χ3v) is 3.71. The highest BCUT2D eigenvalue weighted by atomic mass is 19.1. The molecule has 3 N–H and O–H groups in total. The normalized spacial score (nSPS) is 19.2. The number of pyridine rings is 1. The number of hydrogen-bond donors (Lipinski definition) is 2. The molecule has 0 atom stereocenters. The van der Waals surface area contributed by atoms with Crippen LogP contribution in [0.25, 0.3) is 5.70 Å². The molecule has 0 aliphatic carbocycles. The Morgan fingerprint density at radius 1 is 1.38 bits per heavy atom. The summed E-state index contributed by atoms with van der Waals surface area (Å²) in [4.78, 5) is 8.44. The van der Waals surface area contributed by atoms with Crippen LogP contribution in [0.4, 0.5) is 10.1 Å². The maximum absolute atomic E-state index is 13.8. The van der Waals surface area contributed by atoms with Gasteiger partial charge in [-0.1, -0.05) is 0 Å². The Hall–Kier alpha value is -2.74. The molecule has 0 radical (unpaired) electrons. The minimum absolute atomic E-state index is 0.0585. The predicted molar refractivity (Wildman–Crippen MR) is 87.6 cm³/mol. The molecule has 3 heterocycles. The van der Waals surface area contributed by atoms with Crippen LogP contribution in [-0.4, -0.2) is 41.2 Å². The second kappa shape index (κ2) is 7.22. The smallest absolute Gasteiger partial charge is 0.250 e. The molecule has 2 aromatic rings. The van der Waals surface area contributed by atoms with Crippen molar-refractivity contribution in [2.45, 2.75) is 12.8 Å². The van der Waals surface area contributed by atoms with E-state index in [9.17, 15) is 4.39 Å². The number of hydrogen-bond acceptors (Lipinski definition) is 6. The van der Waals surface area contributed by atoms with Crippen molar-refractivity contribution < 1.29 is 13.9 Å². The fourth-order valence-electron chi connectivity index (χ4n) is 2.51. The Morgan fingerprint density at radius 2 is 2.21 bits per heavy atom. The molecule has 1 aliphatic rings. The van der Waals surface area contributed by atoms with Crippen molar-refractivity contribution in [2.24, 2.45) is 10.7 Å². The van der Waals surface area contributed by atoms with E-state index in [0.29, 0.717) is 37.4 Å². The monoisotopic (exact) mass is 331 g/mol. The number of nitrogens with zero attached hydrogens (tertiary/aromatic N) is 3. The van der Waals surface area contributed by atoms with E-state index in [1.165, 1.54) is 19.4 Å². The van der Waals surface area contributed by atoms with Crippen LogP contribution >= 0.6 is 0 Å². The van der Waals surface area contributed by atoms with Gasteiger partial charge in [-0.3, -0.25) is 10.1 Å². The molecule has 126 valence electrons. The van der Waals surface area contributed by atoms with E-state index in [4.69, 9.17) is 15.2 Å². The van der Waals surface area contributed by atoms with Gasteiger partial charge in [0.05, 0.1) is 38.4 Å². The fraction of sp³-hybridized carbons (Fsp3) is 0.312. The number of aliphatic imine (C=N–C) groups is 1. The van der Waals surface area contributed by atoms with Crippen LogP contribution < -0.4 is 10.5 Å². The number of aromatic nitrogens is 3. The Bertz CT molecular complexity index is 771. The summed E-state index contributed by atoms with van der Waals surface area (Å²) in [5, 5.41) is 6.66. The molecular weight excluding hydrogens is 313 g/mol. The van der Waals surface area contributed by atoms with Crippen molar-refractivity contribution >= 4 is 17.1 Å². The first-order valence-corrected chi connectivity index (χ1v) is 7.52. The van der Waals surface area contributed by atoms with Gasteiger partial charge in [0.25, 0.3) is 0 Å². The first kappa shape index (κ1) is 16.1. The third-order valence-electron chi connectivity index (χ3n) is 3.71. The Kier molecular flexibility index (Phi) is 4.85. The van der Waals surface area contributed by atoms with Crippen LogP contribution in [0.2, 0.25) is 0 Å². The minimum Gasteiger partial charge on any atom is -0.479 e. The number of methoxy groups -OCH3 is 1. The van der Waals surface area contributed by atoms with Gasteiger partial charge in [-0.05, 0) is 12.0 Å². The van der Waals surface area contributed by atoms with Crippen LogP contribution in [0.3, 0.4) is 0 Å². The summed E-state index contributed by atoms with van der Waals surface area (Å²) >= 11 is 0. The fourth-order valence-corrected chi connectivity index (χ4v) is 2.51. The molecule has 2 aromatic heterocycles. The van der Waals surface area contributed by atoms with E-state index in [1.54, 1.807) is 12.4 Å². The van der Waals surface area contributed by atoms with Gasteiger partial charge in [0.15, 0.2) is 5.82 Å². The van der Waals surface area contributed by atoms with E-state index in [1.807, 2.05) is 0 Å². The van der Waals surface area contributed by atoms with E-state index in [2.05, 4.69) is 20.2 Å². The third kappa shape index (κ3) is 3.43. The molecule has 0 unspecified atom stereocenters. The van der Waals surface area contributed by atoms with Crippen LogP contribution in [0.15, 0.2) is 35.2 Å². The van der Waals surface area contributed by atoms with Crippen molar-refractivity contribution in [3.8, 4) is 5.88 Å². The molecule has 8 heteroatoms. The van der Waals surface area contributed by atoms with Gasteiger partial charge < -0.3 is 15.2 Å². The number of halogens is 1. The maximum atomic E-state index is 13.8. The zero-order valence-corrected chi connectivity index (χ0v) is 13.3. The molecule has 3 rings (SSSR count). The number of ether oxygens (including phenoxy) is 2. The lowest BCUT2D eigenvalue weighted by molar-refractivity contribution is 0.150. The SMILES string of the molecule is COc1ncc(N=C2CCOCCC2=C(N)c2cn[nH]c2)cc1F. The first-order chi connectivity index (χ1) is 11.7. The zero-order chi connectivity index (χ0) is 16.9. The predicted octanol–water partition coefficient (Wildman–Crippen LogP) is 2.21. The second-order valence-corrected chi connectivity index (χ2v) is 5.23. The van der Waals surface area contributed by atoms with Gasteiger partial charge in [0, 0.05) is 35.7 Å². The summed E-state index contributed by atoms with van der Waals surface area (Å²) in [5.41, 5.74) is 9.71. The van der Waals surface area contributed by atoms with Crippen molar-refractivity contribution in [3.63, 3.8) is 0 Å². The highest BCUT2D eigenvalue weighted by molar-refractivity contribution is 6.07. The first-order valence-electron chi connectivity index (χ1n) is 7.52. The van der Waals surface area contributed by atoms with Crippen LogP contribution in [0, 0.1) is 5.82 Å². The van der Waals surface area contributed by atoms with Gasteiger partial charge in [-0.15, -0.1) is 0 Å². The van der Waals surface area contributed by atoms with Gasteiger partial charge in [-0.2, -0.15) is 5.10 Å². The van der Waals surface area contributed by atoms with Gasteiger partial charge in [-0.25, -0.2) is 9.37 Å². The molecule has 1 aliphatic heterocycles. The standard InChI is InChI=1S/C16H18FN5O2/c1-23-16-13(17)6-11(9-19-16)22-14-3-5-24-4-2-12(14)15(18)10-7-20-21-8-10/h6-9H,2-5,18H2,1H3,(H,20,21). The van der Waals surface area contributed by atoms with Crippen molar-refractivity contribution in [3.05, 3.63) is 41.6 Å². The number of nitrogens with two attached hydrogens (primary N) is 1. The second-order valence-electron chi connectivity index (χ2n) is 5.23. The van der Waals surface area contributed by atoms with Crippen LogP contribution in [-0.2, 0) is 4.74 Å². The Morgan fingerprint density at radius 3 is 2.92 bits per heavy atom.